The predicted molar refractivity (Wildman–Crippen MR) is 68.6 cm³/mol. The fraction of sp³-hybridized carbons (Fsp3) is 0.250. The van der Waals surface area contributed by atoms with E-state index in [0.717, 1.165) is 16.0 Å². The number of hydrogen-bond acceptors (Lipinski definition) is 2. The first-order valence-electron chi connectivity index (χ1n) is 5.06. The van der Waals surface area contributed by atoms with Crippen LogP contribution >= 0.6 is 27.3 Å². The molecule has 0 aliphatic rings. The van der Waals surface area contributed by atoms with E-state index in [-0.39, 0.29) is 4.83 Å². The molecule has 1 atom stereocenters. The third-order valence-electron chi connectivity index (χ3n) is 2.36. The van der Waals surface area contributed by atoms with Crippen LogP contribution in [0, 0.1) is 18.6 Å². The summed E-state index contributed by atoms with van der Waals surface area (Å²) in [5, 5.41) is 0.976. The third kappa shape index (κ3) is 3.10. The monoisotopic (exact) mass is 317 g/mol. The number of aryl methyl sites for hydroxylation is 1. The summed E-state index contributed by atoms with van der Waals surface area (Å²) in [5.41, 5.74) is 0.499. The number of rotatable bonds is 3. The minimum atomic E-state index is -0.550. The molecule has 1 aromatic carbocycles. The molecule has 5 heteroatoms. The third-order valence-corrected chi connectivity index (χ3v) is 4.51. The standard InChI is InChI=1S/C12H10BrF2NS/c1-7-16-6-12(17-7)10(13)4-8-2-3-9(14)5-11(8)15/h2-3,5-6,10H,4H2,1H3. The van der Waals surface area contributed by atoms with Gasteiger partial charge in [0.1, 0.15) is 11.6 Å². The summed E-state index contributed by atoms with van der Waals surface area (Å²) >= 11 is 5.07. The lowest BCUT2D eigenvalue weighted by Crippen LogP contribution is -1.97. The Bertz CT molecular complexity index is 527. The normalized spacial score (nSPS) is 12.7. The van der Waals surface area contributed by atoms with E-state index in [2.05, 4.69) is 20.9 Å². The smallest absolute Gasteiger partial charge is 0.129 e. The molecule has 1 aromatic heterocycles. The van der Waals surface area contributed by atoms with Crippen LogP contribution in [0.1, 0.15) is 20.3 Å². The van der Waals surface area contributed by atoms with Crippen molar-refractivity contribution in [1.82, 2.24) is 4.98 Å². The second kappa shape index (κ2) is 5.23. The summed E-state index contributed by atoms with van der Waals surface area (Å²) in [6.07, 6.45) is 2.26. The van der Waals surface area contributed by atoms with Gasteiger partial charge in [0.05, 0.1) is 9.83 Å². The molecule has 0 bridgehead atoms. The number of nitrogens with zero attached hydrogens (tertiary/aromatic N) is 1. The van der Waals surface area contributed by atoms with Gasteiger partial charge in [-0.2, -0.15) is 0 Å². The van der Waals surface area contributed by atoms with Gasteiger partial charge in [-0.25, -0.2) is 13.8 Å². The van der Waals surface area contributed by atoms with E-state index in [9.17, 15) is 8.78 Å². The number of hydrogen-bond donors (Lipinski definition) is 0. The number of benzene rings is 1. The van der Waals surface area contributed by atoms with Crippen LogP contribution in [-0.4, -0.2) is 4.98 Å². The molecule has 17 heavy (non-hydrogen) atoms. The second-order valence-electron chi connectivity index (χ2n) is 3.69. The molecule has 2 aromatic rings. The van der Waals surface area contributed by atoms with Crippen molar-refractivity contribution >= 4 is 27.3 Å². The van der Waals surface area contributed by atoms with Crippen molar-refractivity contribution in [2.24, 2.45) is 0 Å². The van der Waals surface area contributed by atoms with Gasteiger partial charge in [-0.15, -0.1) is 11.3 Å². The van der Waals surface area contributed by atoms with Crippen LogP contribution < -0.4 is 0 Å². The van der Waals surface area contributed by atoms with Crippen LogP contribution in [-0.2, 0) is 6.42 Å². The van der Waals surface area contributed by atoms with Crippen molar-refractivity contribution in [3.05, 3.63) is 51.5 Å². The maximum absolute atomic E-state index is 13.5. The lowest BCUT2D eigenvalue weighted by molar-refractivity contribution is 0.571. The molecule has 0 aliphatic heterocycles. The molecule has 0 spiro atoms. The van der Waals surface area contributed by atoms with Crippen molar-refractivity contribution in [1.29, 1.82) is 0 Å². The second-order valence-corrected chi connectivity index (χ2v) is 6.06. The molecular formula is C12H10BrF2NS. The Hall–Kier alpha value is -0.810. The van der Waals surface area contributed by atoms with Gasteiger partial charge in [0.2, 0.25) is 0 Å². The highest BCUT2D eigenvalue weighted by molar-refractivity contribution is 9.09. The van der Waals surface area contributed by atoms with Crippen LogP contribution in [0.5, 0.6) is 0 Å². The maximum Gasteiger partial charge on any atom is 0.129 e. The molecule has 0 saturated heterocycles. The predicted octanol–water partition coefficient (Wildman–Crippen LogP) is 4.41. The van der Waals surface area contributed by atoms with E-state index in [1.807, 2.05) is 6.92 Å². The number of halogens is 3. The zero-order chi connectivity index (χ0) is 12.4. The summed E-state index contributed by atoms with van der Waals surface area (Å²) in [6, 6.07) is 3.66. The van der Waals surface area contributed by atoms with Gasteiger partial charge in [-0.3, -0.25) is 0 Å². The summed E-state index contributed by atoms with van der Waals surface area (Å²) in [5.74, 6) is -1.05. The van der Waals surface area contributed by atoms with Gasteiger partial charge in [0, 0.05) is 17.1 Å². The Morgan fingerprint density at radius 3 is 2.76 bits per heavy atom. The molecule has 1 unspecified atom stereocenters. The summed E-state index contributed by atoms with van der Waals surface area (Å²) < 4.78 is 26.2. The summed E-state index contributed by atoms with van der Waals surface area (Å²) in [6.45, 7) is 1.92. The van der Waals surface area contributed by atoms with Crippen LogP contribution in [0.3, 0.4) is 0 Å². The highest BCUT2D eigenvalue weighted by Crippen LogP contribution is 2.31. The van der Waals surface area contributed by atoms with Crippen molar-refractivity contribution in [3.8, 4) is 0 Å². The first-order chi connectivity index (χ1) is 8.06. The Labute approximate surface area is 111 Å². The van der Waals surface area contributed by atoms with E-state index in [4.69, 9.17) is 0 Å². The molecule has 2 rings (SSSR count). The highest BCUT2D eigenvalue weighted by atomic mass is 79.9. The molecule has 1 nitrogen and oxygen atoms in total. The molecule has 0 aliphatic carbocycles. The molecule has 90 valence electrons. The van der Waals surface area contributed by atoms with Crippen LogP contribution in [0.25, 0.3) is 0 Å². The number of thiazole rings is 1. The first-order valence-corrected chi connectivity index (χ1v) is 6.80. The molecule has 0 radical (unpaired) electrons. The van der Waals surface area contributed by atoms with E-state index >= 15 is 0 Å². The number of aromatic nitrogens is 1. The minimum absolute atomic E-state index is 0.00802. The first kappa shape index (κ1) is 12.6. The van der Waals surface area contributed by atoms with Crippen LogP contribution in [0.15, 0.2) is 24.4 Å². The minimum Gasteiger partial charge on any atom is -0.250 e. The van der Waals surface area contributed by atoms with Gasteiger partial charge in [-0.05, 0) is 25.0 Å². The SMILES string of the molecule is Cc1ncc(C(Br)Cc2ccc(F)cc2F)s1. The Morgan fingerprint density at radius 1 is 1.41 bits per heavy atom. The van der Waals surface area contributed by atoms with Gasteiger partial charge in [-0.1, -0.05) is 22.0 Å². The van der Waals surface area contributed by atoms with Gasteiger partial charge >= 0.3 is 0 Å². The maximum atomic E-state index is 13.5. The van der Waals surface area contributed by atoms with E-state index in [1.54, 1.807) is 17.5 Å². The average molecular weight is 318 g/mol. The zero-order valence-corrected chi connectivity index (χ0v) is 11.5. The topological polar surface area (TPSA) is 12.9 Å². The average Bonchev–Trinajstić information content (AvgIpc) is 2.69. The molecule has 0 saturated carbocycles. The van der Waals surface area contributed by atoms with Crippen molar-refractivity contribution in [2.75, 3.05) is 0 Å². The van der Waals surface area contributed by atoms with Gasteiger partial charge < -0.3 is 0 Å². The van der Waals surface area contributed by atoms with E-state index < -0.39 is 11.6 Å². The fourth-order valence-electron chi connectivity index (χ4n) is 1.50. The van der Waals surface area contributed by atoms with Crippen LogP contribution in [0.2, 0.25) is 0 Å². The Kier molecular flexibility index (Phi) is 3.89. The molecule has 1 heterocycles. The van der Waals surface area contributed by atoms with Crippen molar-refractivity contribution in [2.45, 2.75) is 18.2 Å². The van der Waals surface area contributed by atoms with E-state index in [0.29, 0.717) is 12.0 Å². The van der Waals surface area contributed by atoms with Gasteiger partial charge in [0.15, 0.2) is 0 Å². The van der Waals surface area contributed by atoms with Crippen LogP contribution in [0.4, 0.5) is 8.78 Å². The molecule has 0 amide bonds. The van der Waals surface area contributed by atoms with Gasteiger partial charge in [0.25, 0.3) is 0 Å². The van der Waals surface area contributed by atoms with Crippen molar-refractivity contribution < 1.29 is 8.78 Å². The van der Waals surface area contributed by atoms with Crippen molar-refractivity contribution in [3.63, 3.8) is 0 Å². The lowest BCUT2D eigenvalue weighted by atomic mass is 10.1. The largest absolute Gasteiger partial charge is 0.250 e. The lowest BCUT2D eigenvalue weighted by Gasteiger charge is -2.08. The van der Waals surface area contributed by atoms with E-state index in [1.165, 1.54) is 12.1 Å². The molecular weight excluding hydrogens is 308 g/mol. The number of alkyl halides is 1. The quantitative estimate of drug-likeness (QED) is 0.764. The Balaban J connectivity index is 2.15. The zero-order valence-electron chi connectivity index (χ0n) is 9.08. The summed E-state index contributed by atoms with van der Waals surface area (Å²) in [7, 11) is 0. The highest BCUT2D eigenvalue weighted by Gasteiger charge is 2.14. The fourth-order valence-corrected chi connectivity index (χ4v) is 3.01. The molecule has 0 N–H and O–H groups in total. The summed E-state index contributed by atoms with van der Waals surface area (Å²) in [4.78, 5) is 5.21. The Morgan fingerprint density at radius 2 is 2.18 bits per heavy atom. The molecule has 0 fully saturated rings.